The van der Waals surface area contributed by atoms with E-state index in [-0.39, 0.29) is 19.4 Å². The zero-order valence-electron chi connectivity index (χ0n) is 32.9. The average Bonchev–Trinajstić information content (AvgIpc) is 4.09. The smallest absolute Gasteiger partial charge is 0.315 e. The Bertz CT molecular complexity index is 2170. The van der Waals surface area contributed by atoms with E-state index in [2.05, 4.69) is 20.7 Å². The molecule has 0 spiro atoms. The second-order valence-electron chi connectivity index (χ2n) is 16.7. The summed E-state index contributed by atoms with van der Waals surface area (Å²) in [5.41, 5.74) is 0.0850. The van der Waals surface area contributed by atoms with Gasteiger partial charge in [-0.15, -0.1) is 0 Å². The van der Waals surface area contributed by atoms with Crippen molar-refractivity contribution in [3.05, 3.63) is 66.7 Å². The molecule has 4 aliphatic rings. The van der Waals surface area contributed by atoms with Crippen molar-refractivity contribution in [2.24, 2.45) is 5.92 Å². The Morgan fingerprint density at radius 3 is 2.49 bits per heavy atom. The summed E-state index contributed by atoms with van der Waals surface area (Å²) in [7, 11) is -2.32. The van der Waals surface area contributed by atoms with E-state index in [9.17, 15) is 27.6 Å². The molecule has 4 N–H and O–H groups in total. The van der Waals surface area contributed by atoms with Crippen LogP contribution in [-0.2, 0) is 24.4 Å². The van der Waals surface area contributed by atoms with E-state index in [4.69, 9.17) is 14.5 Å². The third-order valence-corrected chi connectivity index (χ3v) is 12.8. The van der Waals surface area contributed by atoms with Crippen molar-refractivity contribution in [3.8, 4) is 22.8 Å². The number of hydrogen-bond acceptors (Lipinski definition) is 9. The highest BCUT2D eigenvalue weighted by Gasteiger charge is 2.62. The quantitative estimate of drug-likeness (QED) is 0.234. The SMILES string of the molecule is COc1ccc2c(O[C@@H]3C[C@H]4C(=O)N[C@]5(C(=O)NS(=O)(=O)C6CC6)CC5/C=C\CCCCC[C@H](NC(=O)NC(C)(C)C)C(=O)N4C3)cc(-c3ccccc3)nc2c1. The van der Waals surface area contributed by atoms with Crippen LogP contribution in [-0.4, -0.2) is 90.2 Å². The van der Waals surface area contributed by atoms with Gasteiger partial charge in [0.2, 0.25) is 21.8 Å². The van der Waals surface area contributed by atoms with Crippen LogP contribution in [0, 0.1) is 5.92 Å². The van der Waals surface area contributed by atoms with Gasteiger partial charge in [-0.25, -0.2) is 18.2 Å². The summed E-state index contributed by atoms with van der Waals surface area (Å²) in [6.07, 6.45) is 7.67. The number of rotatable bonds is 8. The van der Waals surface area contributed by atoms with Gasteiger partial charge in [-0.3, -0.25) is 19.1 Å². The number of sulfonamides is 1. The first kappa shape index (κ1) is 40.0. The number of allylic oxidation sites excluding steroid dienone is 1. The monoisotopic (exact) mass is 800 g/mol. The van der Waals surface area contributed by atoms with Crippen LogP contribution in [0.25, 0.3) is 22.2 Å². The molecular weight excluding hydrogens is 749 g/mol. The highest BCUT2D eigenvalue weighted by Crippen LogP contribution is 2.46. The lowest BCUT2D eigenvalue weighted by Gasteiger charge is -2.30. The van der Waals surface area contributed by atoms with Crippen molar-refractivity contribution in [2.45, 2.75) is 113 Å². The lowest BCUT2D eigenvalue weighted by molar-refractivity contribution is -0.141. The number of fused-ring (bicyclic) bond motifs is 3. The standard InChI is InChI=1S/C42H52N6O8S/c1-41(2,3)46-40(52)44-32-16-12-7-5-6-11-15-27-24-42(27,39(51)47-57(53,54)30-18-19-30)45-37(49)35-22-29(25-48(35)38(32)50)56-36-23-33(26-13-9-8-10-14-26)43-34-21-28(55-4)17-20-31(34)36/h8-11,13-15,17,20-21,23,27,29-30,32,35H,5-7,12,16,18-19,22,24-25H2,1-4H3,(H,45,49)(H,47,51)(H2,44,46,52)/b15-11-/t27?,29-,32+,35+,42-/m1/s1. The fourth-order valence-corrected chi connectivity index (χ4v) is 9.08. The molecular formula is C42H52N6O8S. The fourth-order valence-electron chi connectivity index (χ4n) is 7.72. The zero-order valence-corrected chi connectivity index (χ0v) is 33.7. The minimum absolute atomic E-state index is 0.00914. The number of urea groups is 1. The third kappa shape index (κ3) is 9.19. The largest absolute Gasteiger partial charge is 0.497 e. The van der Waals surface area contributed by atoms with Crippen molar-refractivity contribution in [2.75, 3.05) is 13.7 Å². The van der Waals surface area contributed by atoms with Gasteiger partial charge >= 0.3 is 6.03 Å². The second-order valence-corrected chi connectivity index (χ2v) is 18.6. The zero-order chi connectivity index (χ0) is 40.5. The summed E-state index contributed by atoms with van der Waals surface area (Å²) in [6.45, 7) is 5.54. The summed E-state index contributed by atoms with van der Waals surface area (Å²) >= 11 is 0. The molecule has 0 radical (unpaired) electrons. The molecule has 2 aliphatic heterocycles. The molecule has 5 amide bonds. The summed E-state index contributed by atoms with van der Waals surface area (Å²) in [5.74, 6) is -1.15. The number of methoxy groups -OCH3 is 1. The van der Waals surface area contributed by atoms with Crippen LogP contribution < -0.4 is 30.1 Å². The average molecular weight is 801 g/mol. The van der Waals surface area contributed by atoms with Crippen LogP contribution in [0.5, 0.6) is 11.5 Å². The number of benzene rings is 2. The molecule has 1 unspecified atom stereocenters. The Hall–Kier alpha value is -5.18. The molecule has 3 aromatic rings. The van der Waals surface area contributed by atoms with Crippen molar-refractivity contribution < 1.29 is 37.1 Å². The van der Waals surface area contributed by atoms with Crippen molar-refractivity contribution >= 4 is 44.7 Å². The second kappa shape index (κ2) is 16.0. The number of carbonyl (C=O) groups excluding carboxylic acids is 4. The lowest BCUT2D eigenvalue weighted by atomic mass is 10.0. The summed E-state index contributed by atoms with van der Waals surface area (Å²) in [5, 5.41) is 8.74. The van der Waals surface area contributed by atoms with E-state index >= 15 is 0 Å². The van der Waals surface area contributed by atoms with Crippen LogP contribution in [0.15, 0.2) is 66.7 Å². The van der Waals surface area contributed by atoms with E-state index in [1.165, 1.54) is 4.90 Å². The Morgan fingerprint density at radius 1 is 1.00 bits per heavy atom. The van der Waals surface area contributed by atoms with Gasteiger partial charge in [0, 0.05) is 41.0 Å². The normalized spacial score (nSPS) is 26.1. The first-order valence-electron chi connectivity index (χ1n) is 19.8. The molecule has 0 bridgehead atoms. The molecule has 2 aromatic carbocycles. The van der Waals surface area contributed by atoms with E-state index in [0.29, 0.717) is 60.2 Å². The number of carbonyl (C=O) groups is 4. The molecule has 14 nitrogen and oxygen atoms in total. The van der Waals surface area contributed by atoms with Crippen molar-refractivity contribution in [1.29, 1.82) is 0 Å². The Morgan fingerprint density at radius 2 is 1.77 bits per heavy atom. The maximum absolute atomic E-state index is 14.7. The van der Waals surface area contributed by atoms with Gasteiger partial charge in [0.05, 0.1) is 30.1 Å². The van der Waals surface area contributed by atoms with Gasteiger partial charge in [-0.05, 0) is 71.4 Å². The minimum atomic E-state index is -3.90. The number of aromatic nitrogens is 1. The molecule has 2 saturated carbocycles. The lowest BCUT2D eigenvalue weighted by Crippen LogP contribution is -2.59. The number of amides is 5. The molecule has 3 fully saturated rings. The summed E-state index contributed by atoms with van der Waals surface area (Å²) < 4.78 is 40.3. The van der Waals surface area contributed by atoms with E-state index < -0.39 is 74.2 Å². The maximum atomic E-state index is 14.7. The molecule has 7 rings (SSSR count). The Balaban J connectivity index is 1.23. The first-order chi connectivity index (χ1) is 27.2. The molecule has 1 aromatic heterocycles. The Labute approximate surface area is 333 Å². The minimum Gasteiger partial charge on any atom is -0.497 e. The van der Waals surface area contributed by atoms with E-state index in [1.807, 2.05) is 87.5 Å². The number of nitrogens with zero attached hydrogens (tertiary/aromatic N) is 2. The van der Waals surface area contributed by atoms with E-state index in [1.54, 1.807) is 7.11 Å². The van der Waals surface area contributed by atoms with Crippen LogP contribution in [0.1, 0.15) is 78.6 Å². The molecule has 57 heavy (non-hydrogen) atoms. The number of nitrogens with one attached hydrogen (secondary N) is 4. The van der Waals surface area contributed by atoms with Crippen molar-refractivity contribution in [3.63, 3.8) is 0 Å². The molecule has 304 valence electrons. The summed E-state index contributed by atoms with van der Waals surface area (Å²) in [6, 6.07) is 14.4. The van der Waals surface area contributed by atoms with Crippen LogP contribution in [0.4, 0.5) is 4.79 Å². The van der Waals surface area contributed by atoms with Crippen molar-refractivity contribution in [1.82, 2.24) is 30.6 Å². The Kier molecular flexibility index (Phi) is 11.2. The number of ether oxygens (including phenoxy) is 2. The highest BCUT2D eigenvalue weighted by molar-refractivity contribution is 7.91. The van der Waals surface area contributed by atoms with Gasteiger partial charge in [0.25, 0.3) is 5.91 Å². The van der Waals surface area contributed by atoms with Gasteiger partial charge in [0.1, 0.15) is 35.2 Å². The predicted molar refractivity (Wildman–Crippen MR) is 215 cm³/mol. The van der Waals surface area contributed by atoms with Crippen LogP contribution in [0.2, 0.25) is 0 Å². The first-order valence-corrected chi connectivity index (χ1v) is 21.4. The van der Waals surface area contributed by atoms with E-state index in [0.717, 1.165) is 18.4 Å². The fraction of sp³-hybridized carbons (Fsp3) is 0.500. The highest BCUT2D eigenvalue weighted by atomic mass is 32.2. The number of pyridine rings is 1. The maximum Gasteiger partial charge on any atom is 0.315 e. The predicted octanol–water partition coefficient (Wildman–Crippen LogP) is 4.73. The third-order valence-electron chi connectivity index (χ3n) is 11.0. The van der Waals surface area contributed by atoms with Gasteiger partial charge in [-0.1, -0.05) is 55.3 Å². The molecule has 2 aliphatic carbocycles. The molecule has 15 heteroatoms. The van der Waals surface area contributed by atoms with Gasteiger partial charge < -0.3 is 30.3 Å². The van der Waals surface area contributed by atoms with Crippen LogP contribution in [0.3, 0.4) is 0 Å². The van der Waals surface area contributed by atoms with Crippen LogP contribution >= 0.6 is 0 Å². The van der Waals surface area contributed by atoms with Gasteiger partial charge in [-0.2, -0.15) is 0 Å². The topological polar surface area (TPSA) is 185 Å². The summed E-state index contributed by atoms with van der Waals surface area (Å²) in [4.78, 5) is 62.5. The van der Waals surface area contributed by atoms with Gasteiger partial charge in [0.15, 0.2) is 0 Å². The molecule has 1 saturated heterocycles. The molecule has 5 atom stereocenters. The molecule has 3 heterocycles. The number of hydrogen-bond donors (Lipinski definition) is 4.